The molecule has 17 heteroatoms. The lowest BCUT2D eigenvalue weighted by molar-refractivity contribution is -0.212. The minimum atomic E-state index is -5.09. The van der Waals surface area contributed by atoms with E-state index in [1.807, 2.05) is 0 Å². The first-order valence-electron chi connectivity index (χ1n) is 5.61. The molecule has 14 nitrogen and oxygen atoms in total. The number of rotatable bonds is 6. The Kier molecular flexibility index (Phi) is 7.26. The molecule has 0 saturated heterocycles. The van der Waals surface area contributed by atoms with Gasteiger partial charge in [0.1, 0.15) is 18.3 Å². The molecule has 0 aromatic heterocycles. The van der Waals surface area contributed by atoms with Crippen molar-refractivity contribution in [2.24, 2.45) is 0 Å². The highest BCUT2D eigenvalue weighted by atomic mass is 31.2. The zero-order valence-electron chi connectivity index (χ0n) is 10.9. The van der Waals surface area contributed by atoms with Gasteiger partial charge in [0.25, 0.3) is 0 Å². The maximum Gasteiger partial charge on any atom is 0.695 e. The van der Waals surface area contributed by atoms with Crippen molar-refractivity contribution in [2.45, 2.75) is 36.6 Å². The van der Waals surface area contributed by atoms with Crippen molar-refractivity contribution in [3.63, 3.8) is 0 Å². The van der Waals surface area contributed by atoms with Crippen LogP contribution in [0.25, 0.3) is 0 Å². The van der Waals surface area contributed by atoms with E-state index in [-0.39, 0.29) is 0 Å². The normalized spacial score (nSPS) is 36.9. The number of aliphatic hydroxyl groups excluding tert-OH is 3. The average molecular weight is 405 g/mol. The van der Waals surface area contributed by atoms with Gasteiger partial charge < -0.3 is 15.3 Å². The summed E-state index contributed by atoms with van der Waals surface area (Å²) in [6.07, 6.45) is -13.0. The summed E-state index contributed by atoms with van der Waals surface area (Å²) in [7, 11) is -13.5. The summed E-state index contributed by atoms with van der Waals surface area (Å²) in [4.78, 5) is 61.9. The molecule has 1 aliphatic carbocycles. The molecule has 0 aliphatic heterocycles. The van der Waals surface area contributed by atoms with Gasteiger partial charge in [0.05, 0.1) is 0 Å². The molecule has 1 aliphatic rings. The highest BCUT2D eigenvalue weighted by molar-refractivity contribution is 7.53. The molecule has 0 heterocycles. The number of aliphatic hydroxyl groups is 3. The van der Waals surface area contributed by atoms with E-state index in [1.165, 1.54) is 0 Å². The van der Waals surface area contributed by atoms with Gasteiger partial charge in [-0.1, -0.05) is 0 Å². The Morgan fingerprint density at radius 3 is 1.39 bits per heavy atom. The fraction of sp³-hybridized carbons (Fsp3) is 1.00. The van der Waals surface area contributed by atoms with Crippen molar-refractivity contribution in [3.8, 4) is 0 Å². The lowest BCUT2D eigenvalue weighted by atomic mass is 9.85. The van der Waals surface area contributed by atoms with Crippen LogP contribution in [-0.2, 0) is 18.1 Å². The average Bonchev–Trinajstić information content (AvgIpc) is 2.33. The molecule has 0 bridgehead atoms. The summed E-state index contributed by atoms with van der Waals surface area (Å²) in [6, 6.07) is 0. The standard InChI is InChI=1S/C6H15O14P3/c7-1-2(8)5(19-22(12,13)14)6(20-23(15,16)17)3(9)4(1)18-21(10)11/h1-9,12-17H/q+2/p+1. The summed E-state index contributed by atoms with van der Waals surface area (Å²) < 4.78 is 23.4. The fourth-order valence-corrected chi connectivity index (χ4v) is 3.57. The minimum absolute atomic E-state index is 2.01. The monoisotopic (exact) mass is 405 g/mol. The molecule has 10 N–H and O–H groups in total. The van der Waals surface area contributed by atoms with Gasteiger partial charge in [-0.05, 0) is 0 Å². The van der Waals surface area contributed by atoms with Crippen LogP contribution < -0.4 is 0 Å². The second-order valence-corrected chi connectivity index (χ2v) is 7.61. The molecule has 0 aromatic carbocycles. The van der Waals surface area contributed by atoms with Crippen LogP contribution in [0.3, 0.4) is 0 Å². The van der Waals surface area contributed by atoms with E-state index in [2.05, 4.69) is 13.6 Å². The first kappa shape index (κ1) is 21.5. The Labute approximate surface area is 130 Å². The Balaban J connectivity index is 3.14. The zero-order valence-corrected chi connectivity index (χ0v) is 13.6. The molecule has 0 spiro atoms. The largest absolute Gasteiger partial charge is 0.695 e. The van der Waals surface area contributed by atoms with E-state index in [4.69, 9.17) is 34.3 Å². The summed E-state index contributed by atoms with van der Waals surface area (Å²) in [6.45, 7) is 0. The fourth-order valence-electron chi connectivity index (χ4n) is 1.97. The highest BCUT2D eigenvalue weighted by Crippen LogP contribution is 2.54. The van der Waals surface area contributed by atoms with Gasteiger partial charge in [-0.15, -0.1) is 18.5 Å². The second-order valence-electron chi connectivity index (χ2n) is 4.45. The maximum absolute atomic E-state index is 10.7. The van der Waals surface area contributed by atoms with E-state index in [0.29, 0.717) is 0 Å². The maximum atomic E-state index is 10.7. The summed E-state index contributed by atoms with van der Waals surface area (Å²) >= 11 is 0. The zero-order chi connectivity index (χ0) is 18.2. The summed E-state index contributed by atoms with van der Waals surface area (Å²) in [5.74, 6) is 0. The highest BCUT2D eigenvalue weighted by Gasteiger charge is 2.62. The van der Waals surface area contributed by atoms with Crippen LogP contribution in [0.5, 0.6) is 0 Å². The quantitative estimate of drug-likeness (QED) is 0.190. The molecule has 136 valence electrons. The number of hydrogen-bond donors (Lipinski definition) is 10. The van der Waals surface area contributed by atoms with Crippen molar-refractivity contribution in [2.75, 3.05) is 0 Å². The van der Waals surface area contributed by atoms with Crippen LogP contribution in [0.2, 0.25) is 0 Å². The van der Waals surface area contributed by atoms with Crippen LogP contribution >= 0.6 is 24.6 Å². The van der Waals surface area contributed by atoms with Crippen LogP contribution in [0.15, 0.2) is 0 Å². The van der Waals surface area contributed by atoms with E-state index >= 15 is 0 Å². The Morgan fingerprint density at radius 1 is 0.696 bits per heavy atom. The van der Waals surface area contributed by atoms with Crippen molar-refractivity contribution < 1.29 is 67.7 Å². The van der Waals surface area contributed by atoms with Crippen LogP contribution in [0.4, 0.5) is 0 Å². The lowest BCUT2D eigenvalue weighted by Gasteiger charge is -2.40. The van der Waals surface area contributed by atoms with Gasteiger partial charge in [-0.2, -0.15) is 29.4 Å². The first-order chi connectivity index (χ1) is 10.2. The minimum Gasteiger partial charge on any atom is -0.387 e. The molecular formula is C6H16O14P3+3. The third-order valence-electron chi connectivity index (χ3n) is 2.76. The number of hydrogen-bond acceptors (Lipinski definition) is 13. The van der Waals surface area contributed by atoms with Crippen molar-refractivity contribution in [1.82, 2.24) is 0 Å². The van der Waals surface area contributed by atoms with E-state index < -0.39 is 61.2 Å². The van der Waals surface area contributed by atoms with E-state index in [0.717, 1.165) is 0 Å². The van der Waals surface area contributed by atoms with E-state index in [9.17, 15) is 19.9 Å². The summed E-state index contributed by atoms with van der Waals surface area (Å²) in [5, 5.41) is 29.4. The van der Waals surface area contributed by atoms with E-state index in [1.54, 1.807) is 0 Å². The molecular weight excluding hydrogens is 389 g/mol. The topological polar surface area (TPSA) is 247 Å². The molecule has 0 radical (unpaired) electrons. The molecule has 1 saturated carbocycles. The molecule has 1 rings (SSSR count). The second kappa shape index (κ2) is 7.77. The Bertz CT molecular complexity index is 420. The Morgan fingerprint density at radius 2 is 1.04 bits per heavy atom. The summed E-state index contributed by atoms with van der Waals surface area (Å²) in [5.41, 5.74) is 0. The molecule has 7 atom stereocenters. The van der Waals surface area contributed by atoms with Gasteiger partial charge in [0, 0.05) is 4.57 Å². The smallest absolute Gasteiger partial charge is 0.387 e. The molecule has 0 amide bonds. The lowest BCUT2D eigenvalue weighted by Crippen LogP contribution is -2.65. The van der Waals surface area contributed by atoms with Gasteiger partial charge in [0.2, 0.25) is 0 Å². The third kappa shape index (κ3) is 6.34. The molecule has 23 heavy (non-hydrogen) atoms. The SMILES string of the molecule is O=[P+](O)OC1C(O)C(O)C(O[P+](O)(O)O)C(O[P+](O)(O)O)C1O. The predicted octanol–water partition coefficient (Wildman–Crippen LogP) is -3.80. The predicted molar refractivity (Wildman–Crippen MR) is 69.6 cm³/mol. The van der Waals surface area contributed by atoms with Gasteiger partial charge in [-0.3, -0.25) is 0 Å². The first-order valence-corrected chi connectivity index (χ1v) is 9.87. The van der Waals surface area contributed by atoms with Crippen molar-refractivity contribution >= 4 is 24.6 Å². The van der Waals surface area contributed by atoms with Gasteiger partial charge in [-0.25, -0.2) is 0 Å². The van der Waals surface area contributed by atoms with Crippen molar-refractivity contribution in [1.29, 1.82) is 0 Å². The van der Waals surface area contributed by atoms with Gasteiger partial charge >= 0.3 is 24.6 Å². The van der Waals surface area contributed by atoms with Crippen molar-refractivity contribution in [3.05, 3.63) is 0 Å². The van der Waals surface area contributed by atoms with Gasteiger partial charge in [0.15, 0.2) is 18.3 Å². The van der Waals surface area contributed by atoms with Crippen LogP contribution in [-0.4, -0.2) is 86.2 Å². The van der Waals surface area contributed by atoms with Crippen LogP contribution in [0, 0.1) is 0 Å². The van der Waals surface area contributed by atoms with Crippen LogP contribution in [0.1, 0.15) is 0 Å². The third-order valence-corrected chi connectivity index (χ3v) is 4.23. The molecule has 1 fully saturated rings. The molecule has 0 aromatic rings. The molecule has 7 unspecified atom stereocenters. The Hall–Kier alpha value is 0.440.